The van der Waals surface area contributed by atoms with E-state index in [0.29, 0.717) is 12.6 Å². The number of carbonyl (C=O) groups excluding carboxylic acids is 1. The lowest BCUT2D eigenvalue weighted by molar-refractivity contribution is -0.123. The second kappa shape index (κ2) is 9.11. The van der Waals surface area contributed by atoms with Gasteiger partial charge in [-0.3, -0.25) is 14.7 Å². The van der Waals surface area contributed by atoms with Gasteiger partial charge in [0.05, 0.1) is 12.6 Å². The third-order valence-corrected chi connectivity index (χ3v) is 5.46. The number of aryl methyl sites for hydroxylation is 1. The van der Waals surface area contributed by atoms with Gasteiger partial charge in [0.2, 0.25) is 5.91 Å². The first-order valence-corrected chi connectivity index (χ1v) is 9.67. The van der Waals surface area contributed by atoms with Crippen molar-refractivity contribution in [1.82, 2.24) is 20.1 Å². The molecule has 2 aromatic rings. The van der Waals surface area contributed by atoms with Gasteiger partial charge in [-0.1, -0.05) is 29.8 Å². The molecule has 0 aliphatic carbocycles. The third-order valence-electron chi connectivity index (χ3n) is 5.46. The highest BCUT2D eigenvalue weighted by atomic mass is 16.2. The number of hydrogen-bond donors (Lipinski definition) is 1. The Morgan fingerprint density at radius 1 is 1.15 bits per heavy atom. The Morgan fingerprint density at radius 2 is 1.74 bits per heavy atom. The van der Waals surface area contributed by atoms with E-state index in [1.54, 1.807) is 12.4 Å². The first kappa shape index (κ1) is 19.5. The van der Waals surface area contributed by atoms with E-state index in [2.05, 4.69) is 65.4 Å². The third kappa shape index (κ3) is 5.37. The molecule has 0 spiro atoms. The molecular formula is C22H30N4O. The molecule has 5 heteroatoms. The SMILES string of the molecule is Cc1ccc([C@H](NC(=O)CN(C)C2CCN(C)CC2)c2ccncc2)cc1. The van der Waals surface area contributed by atoms with Crippen LogP contribution in [0.25, 0.3) is 0 Å². The molecule has 1 saturated heterocycles. The lowest BCUT2D eigenvalue weighted by Gasteiger charge is -2.35. The minimum atomic E-state index is -0.160. The highest BCUT2D eigenvalue weighted by Gasteiger charge is 2.23. The van der Waals surface area contributed by atoms with Gasteiger partial charge in [0.1, 0.15) is 0 Å². The molecule has 1 atom stereocenters. The quantitative estimate of drug-likeness (QED) is 0.854. The average molecular weight is 367 g/mol. The molecular weight excluding hydrogens is 336 g/mol. The number of nitrogens with one attached hydrogen (secondary N) is 1. The van der Waals surface area contributed by atoms with Crippen molar-refractivity contribution < 1.29 is 4.79 Å². The van der Waals surface area contributed by atoms with Crippen LogP contribution in [0.5, 0.6) is 0 Å². The van der Waals surface area contributed by atoms with Gasteiger partial charge in [-0.15, -0.1) is 0 Å². The highest BCUT2D eigenvalue weighted by molar-refractivity contribution is 5.79. The summed E-state index contributed by atoms with van der Waals surface area (Å²) in [5.41, 5.74) is 3.34. The molecule has 1 aromatic heterocycles. The molecule has 1 aliphatic rings. The van der Waals surface area contributed by atoms with Crippen LogP contribution >= 0.6 is 0 Å². The van der Waals surface area contributed by atoms with Crippen molar-refractivity contribution >= 4 is 5.91 Å². The maximum absolute atomic E-state index is 12.8. The van der Waals surface area contributed by atoms with Crippen LogP contribution in [0, 0.1) is 6.92 Å². The van der Waals surface area contributed by atoms with Gasteiger partial charge in [0, 0.05) is 18.4 Å². The summed E-state index contributed by atoms with van der Waals surface area (Å²) in [5.74, 6) is 0.0545. The van der Waals surface area contributed by atoms with E-state index in [1.807, 2.05) is 12.1 Å². The van der Waals surface area contributed by atoms with Crippen molar-refractivity contribution in [2.24, 2.45) is 0 Å². The molecule has 1 amide bonds. The molecule has 0 radical (unpaired) electrons. The van der Waals surface area contributed by atoms with Crippen molar-refractivity contribution in [3.8, 4) is 0 Å². The van der Waals surface area contributed by atoms with Crippen LogP contribution < -0.4 is 5.32 Å². The van der Waals surface area contributed by atoms with Crippen LogP contribution in [0.2, 0.25) is 0 Å². The number of piperidine rings is 1. The zero-order valence-electron chi connectivity index (χ0n) is 16.6. The Kier molecular flexibility index (Phi) is 6.58. The van der Waals surface area contributed by atoms with E-state index in [-0.39, 0.29) is 11.9 Å². The topological polar surface area (TPSA) is 48.5 Å². The van der Waals surface area contributed by atoms with Crippen LogP contribution in [-0.4, -0.2) is 60.5 Å². The van der Waals surface area contributed by atoms with Crippen molar-refractivity contribution in [3.05, 3.63) is 65.5 Å². The van der Waals surface area contributed by atoms with Crippen LogP contribution in [0.15, 0.2) is 48.8 Å². The fourth-order valence-corrected chi connectivity index (χ4v) is 3.67. The molecule has 5 nitrogen and oxygen atoms in total. The first-order chi connectivity index (χ1) is 13.0. The summed E-state index contributed by atoms with van der Waals surface area (Å²) in [6, 6.07) is 12.6. The van der Waals surface area contributed by atoms with Gasteiger partial charge in [-0.25, -0.2) is 0 Å². The van der Waals surface area contributed by atoms with Crippen LogP contribution in [0.4, 0.5) is 0 Å². The van der Waals surface area contributed by atoms with E-state index in [0.717, 1.165) is 37.1 Å². The molecule has 0 saturated carbocycles. The van der Waals surface area contributed by atoms with Crippen molar-refractivity contribution in [2.45, 2.75) is 31.8 Å². The molecule has 1 aliphatic heterocycles. The summed E-state index contributed by atoms with van der Waals surface area (Å²) >= 11 is 0. The molecule has 144 valence electrons. The Bertz CT molecular complexity index is 724. The fraction of sp³-hybridized carbons (Fsp3) is 0.455. The smallest absolute Gasteiger partial charge is 0.234 e. The van der Waals surface area contributed by atoms with E-state index in [9.17, 15) is 4.79 Å². The summed E-state index contributed by atoms with van der Waals surface area (Å²) < 4.78 is 0. The standard InChI is InChI=1S/C22H30N4O/c1-17-4-6-18(7-5-17)22(19-8-12-23-13-9-19)24-21(27)16-26(3)20-10-14-25(2)15-11-20/h4-9,12-13,20,22H,10-11,14-16H2,1-3H3,(H,24,27)/t22-/m0/s1. The molecule has 2 heterocycles. The van der Waals surface area contributed by atoms with Crippen molar-refractivity contribution in [3.63, 3.8) is 0 Å². The average Bonchev–Trinajstić information content (AvgIpc) is 2.68. The molecule has 1 N–H and O–H groups in total. The maximum atomic E-state index is 12.8. The van der Waals surface area contributed by atoms with Crippen LogP contribution in [-0.2, 0) is 4.79 Å². The Balaban J connectivity index is 1.68. The number of carbonyl (C=O) groups is 1. The number of hydrogen-bond acceptors (Lipinski definition) is 4. The Morgan fingerprint density at radius 3 is 2.37 bits per heavy atom. The van der Waals surface area contributed by atoms with E-state index in [1.165, 1.54) is 5.56 Å². The van der Waals surface area contributed by atoms with E-state index in [4.69, 9.17) is 0 Å². The Labute approximate surface area is 162 Å². The molecule has 1 aromatic carbocycles. The first-order valence-electron chi connectivity index (χ1n) is 9.67. The fourth-order valence-electron chi connectivity index (χ4n) is 3.67. The summed E-state index contributed by atoms with van der Waals surface area (Å²) in [7, 11) is 4.21. The van der Waals surface area contributed by atoms with Gasteiger partial charge in [0.25, 0.3) is 0 Å². The van der Waals surface area contributed by atoms with Gasteiger partial charge in [-0.2, -0.15) is 0 Å². The second-order valence-corrected chi connectivity index (χ2v) is 7.64. The minimum absolute atomic E-state index is 0.0545. The van der Waals surface area contributed by atoms with Gasteiger partial charge in [0.15, 0.2) is 0 Å². The van der Waals surface area contributed by atoms with Crippen molar-refractivity contribution in [2.75, 3.05) is 33.7 Å². The number of amides is 1. The molecule has 27 heavy (non-hydrogen) atoms. The van der Waals surface area contributed by atoms with E-state index < -0.39 is 0 Å². The predicted octanol–water partition coefficient (Wildman–Crippen LogP) is 2.62. The highest BCUT2D eigenvalue weighted by Crippen LogP contribution is 2.22. The van der Waals surface area contributed by atoms with Gasteiger partial charge in [-0.05, 0) is 70.2 Å². The monoisotopic (exact) mass is 366 g/mol. The molecule has 3 rings (SSSR count). The normalized spacial score (nSPS) is 17.0. The number of benzene rings is 1. The largest absolute Gasteiger partial charge is 0.344 e. The number of likely N-dealkylation sites (N-methyl/N-ethyl adjacent to an activating group) is 1. The number of pyridine rings is 1. The number of rotatable bonds is 6. The van der Waals surface area contributed by atoms with Crippen LogP contribution in [0.1, 0.15) is 35.6 Å². The van der Waals surface area contributed by atoms with Crippen LogP contribution in [0.3, 0.4) is 0 Å². The molecule has 0 unspecified atom stereocenters. The number of nitrogens with zero attached hydrogens (tertiary/aromatic N) is 3. The summed E-state index contributed by atoms with van der Waals surface area (Å²) in [4.78, 5) is 21.5. The van der Waals surface area contributed by atoms with Gasteiger partial charge >= 0.3 is 0 Å². The zero-order chi connectivity index (χ0) is 19.2. The molecule has 0 bridgehead atoms. The molecule has 1 fully saturated rings. The minimum Gasteiger partial charge on any atom is -0.344 e. The number of aromatic nitrogens is 1. The maximum Gasteiger partial charge on any atom is 0.234 e. The zero-order valence-corrected chi connectivity index (χ0v) is 16.6. The summed E-state index contributed by atoms with van der Waals surface area (Å²) in [6.45, 7) is 4.68. The van der Waals surface area contributed by atoms with E-state index >= 15 is 0 Å². The summed E-state index contributed by atoms with van der Waals surface area (Å²) in [5, 5.41) is 3.23. The predicted molar refractivity (Wildman–Crippen MR) is 109 cm³/mol. The lowest BCUT2D eigenvalue weighted by Crippen LogP contribution is -2.46. The summed E-state index contributed by atoms with van der Waals surface area (Å²) in [6.07, 6.45) is 5.78. The van der Waals surface area contributed by atoms with Crippen molar-refractivity contribution in [1.29, 1.82) is 0 Å². The second-order valence-electron chi connectivity index (χ2n) is 7.64. The number of likely N-dealkylation sites (tertiary alicyclic amines) is 1. The van der Waals surface area contributed by atoms with Gasteiger partial charge < -0.3 is 10.2 Å². The lowest BCUT2D eigenvalue weighted by atomic mass is 9.98. The Hall–Kier alpha value is -2.24.